The summed E-state index contributed by atoms with van der Waals surface area (Å²) >= 11 is 0. The summed E-state index contributed by atoms with van der Waals surface area (Å²) in [6, 6.07) is 28.4. The van der Waals surface area contributed by atoms with E-state index >= 15 is 0 Å². The standard InChI is InChI=1S/C30H28N2O3.C19H24N4O6/c1-19-17-20(2)28(21(3)18-19)26-14-7-13-25-24(29(30(33)34)31-32(25)26)12-8-16-35-27-15-6-10-22-9-4-5-11-23(22)27;1-23(15-5-6-16(26)22-18(15)27)19(28)17-13(11-24)3-2-4-14(17)21-8-10-29-9-7-20-12-25/h4-7,9-11,13-15,17-18H,8,12,16H2,1-3H3,(H,33,34);2-4,11-12,15,21H,5-10H2,1H3,(H,20,25)(H,22,26,27). The normalized spacial score (nSPS) is 13.4. The molecule has 15 nitrogen and oxygen atoms in total. The summed E-state index contributed by atoms with van der Waals surface area (Å²) in [6.45, 7) is 8.17. The van der Waals surface area contributed by atoms with Gasteiger partial charge < -0.3 is 30.1 Å². The van der Waals surface area contributed by atoms with Crippen molar-refractivity contribution in [2.75, 3.05) is 45.3 Å². The number of anilines is 1. The van der Waals surface area contributed by atoms with E-state index in [1.165, 1.54) is 23.6 Å². The van der Waals surface area contributed by atoms with Crippen LogP contribution in [0.15, 0.2) is 91.0 Å². The number of aromatic carboxylic acids is 1. The number of piperidine rings is 1. The quantitative estimate of drug-likeness (QED) is 0.0427. The number of likely N-dealkylation sites (N-methyl/N-ethyl adjacent to an activating group) is 1. The minimum Gasteiger partial charge on any atom is -0.493 e. The Morgan fingerprint density at radius 1 is 0.922 bits per heavy atom. The third kappa shape index (κ3) is 10.8. The Kier molecular flexibility index (Phi) is 15.6. The average molecular weight is 869 g/mol. The maximum absolute atomic E-state index is 13.1. The predicted molar refractivity (Wildman–Crippen MR) is 243 cm³/mol. The molecule has 6 aromatic rings. The lowest BCUT2D eigenvalue weighted by atomic mass is 9.96. The first-order valence-corrected chi connectivity index (χ1v) is 21.0. The summed E-state index contributed by atoms with van der Waals surface area (Å²) in [5.41, 5.74) is 7.93. The maximum atomic E-state index is 13.1. The number of amides is 4. The lowest BCUT2D eigenvalue weighted by Crippen LogP contribution is -2.53. The number of nitrogens with one attached hydrogen (secondary N) is 3. The topological polar surface area (TPSA) is 198 Å². The molecular formula is C49H52N6O9. The fraction of sp³-hybridized carbons (Fsp3) is 0.286. The monoisotopic (exact) mass is 868 g/mol. The number of fused-ring (bicyclic) bond motifs is 2. The molecule has 7 rings (SSSR count). The second-order valence-electron chi connectivity index (χ2n) is 15.4. The highest BCUT2D eigenvalue weighted by Gasteiger charge is 2.34. The number of pyridine rings is 1. The molecule has 2 aromatic heterocycles. The van der Waals surface area contributed by atoms with Gasteiger partial charge in [-0.25, -0.2) is 9.31 Å². The van der Waals surface area contributed by atoms with Gasteiger partial charge in [0, 0.05) is 54.3 Å². The van der Waals surface area contributed by atoms with E-state index in [2.05, 4.69) is 72.2 Å². The van der Waals surface area contributed by atoms with Gasteiger partial charge in [-0.2, -0.15) is 5.10 Å². The van der Waals surface area contributed by atoms with Crippen molar-refractivity contribution in [1.29, 1.82) is 0 Å². The molecule has 1 atom stereocenters. The van der Waals surface area contributed by atoms with Crippen LogP contribution in [0.2, 0.25) is 0 Å². The van der Waals surface area contributed by atoms with Crippen molar-refractivity contribution >= 4 is 58.4 Å². The highest BCUT2D eigenvalue weighted by molar-refractivity contribution is 6.09. The van der Waals surface area contributed by atoms with Crippen molar-refractivity contribution in [2.24, 2.45) is 0 Å². The minimum atomic E-state index is -1.01. The molecule has 0 saturated carbocycles. The Labute approximate surface area is 370 Å². The van der Waals surface area contributed by atoms with Gasteiger partial charge in [0.1, 0.15) is 11.8 Å². The zero-order valence-electron chi connectivity index (χ0n) is 36.3. The Morgan fingerprint density at radius 3 is 2.38 bits per heavy atom. The molecule has 1 aliphatic rings. The van der Waals surface area contributed by atoms with Crippen molar-refractivity contribution < 1.29 is 43.3 Å². The van der Waals surface area contributed by atoms with Gasteiger partial charge in [-0.3, -0.25) is 29.3 Å². The van der Waals surface area contributed by atoms with Crippen LogP contribution in [-0.2, 0) is 25.5 Å². The van der Waals surface area contributed by atoms with Gasteiger partial charge in [0.15, 0.2) is 12.0 Å². The average Bonchev–Trinajstić information content (AvgIpc) is 3.66. The van der Waals surface area contributed by atoms with Crippen LogP contribution in [0.5, 0.6) is 5.75 Å². The number of nitrogens with zero attached hydrogens (tertiary/aromatic N) is 3. The fourth-order valence-electron chi connectivity index (χ4n) is 8.04. The van der Waals surface area contributed by atoms with Crippen LogP contribution >= 0.6 is 0 Å². The van der Waals surface area contributed by atoms with E-state index in [1.807, 2.05) is 42.5 Å². The first kappa shape index (κ1) is 46.1. The largest absolute Gasteiger partial charge is 0.493 e. The first-order chi connectivity index (χ1) is 30.9. The highest BCUT2D eigenvalue weighted by atomic mass is 16.5. The number of carboxylic acids is 1. The summed E-state index contributed by atoms with van der Waals surface area (Å²) < 4.78 is 13.2. The Hall–Kier alpha value is -7.39. The summed E-state index contributed by atoms with van der Waals surface area (Å²) in [7, 11) is 1.47. The van der Waals surface area contributed by atoms with Crippen LogP contribution < -0.4 is 20.7 Å². The lowest BCUT2D eigenvalue weighted by Gasteiger charge is -2.30. The van der Waals surface area contributed by atoms with Gasteiger partial charge in [0.05, 0.1) is 36.6 Å². The molecular weight excluding hydrogens is 817 g/mol. The minimum absolute atomic E-state index is 0.102. The maximum Gasteiger partial charge on any atom is 0.356 e. The van der Waals surface area contributed by atoms with Gasteiger partial charge in [0.25, 0.3) is 5.91 Å². The number of aryl methyl sites for hydroxylation is 4. The molecule has 0 aliphatic carbocycles. The van der Waals surface area contributed by atoms with Crippen LogP contribution in [0.1, 0.15) is 72.7 Å². The van der Waals surface area contributed by atoms with E-state index in [0.717, 1.165) is 50.0 Å². The third-order valence-electron chi connectivity index (χ3n) is 10.9. The summed E-state index contributed by atoms with van der Waals surface area (Å²) in [5, 5.41) is 24.4. The van der Waals surface area contributed by atoms with Crippen LogP contribution in [-0.4, -0.2) is 102 Å². The van der Waals surface area contributed by atoms with Gasteiger partial charge in [-0.1, -0.05) is 72.3 Å². The number of ether oxygens (including phenoxy) is 2. The van der Waals surface area contributed by atoms with Crippen LogP contribution in [0.25, 0.3) is 27.5 Å². The van der Waals surface area contributed by atoms with Crippen LogP contribution in [0, 0.1) is 20.8 Å². The van der Waals surface area contributed by atoms with E-state index in [9.17, 15) is 33.9 Å². The van der Waals surface area contributed by atoms with E-state index < -0.39 is 23.8 Å². The summed E-state index contributed by atoms with van der Waals surface area (Å²) in [5.74, 6) is -1.57. The second kappa shape index (κ2) is 21.6. The summed E-state index contributed by atoms with van der Waals surface area (Å²) in [6.07, 6.45) is 2.77. The van der Waals surface area contributed by atoms with E-state index in [1.54, 1.807) is 16.6 Å². The van der Waals surface area contributed by atoms with Crippen molar-refractivity contribution in [3.05, 3.63) is 130 Å². The van der Waals surface area contributed by atoms with Gasteiger partial charge in [0.2, 0.25) is 18.2 Å². The smallest absolute Gasteiger partial charge is 0.356 e. The van der Waals surface area contributed by atoms with Crippen LogP contribution in [0.3, 0.4) is 0 Å². The molecule has 332 valence electrons. The van der Waals surface area contributed by atoms with Gasteiger partial charge in [-0.05, 0) is 80.8 Å². The number of benzene rings is 4. The zero-order valence-corrected chi connectivity index (χ0v) is 36.3. The number of hydrogen-bond acceptors (Lipinski definition) is 10. The highest BCUT2D eigenvalue weighted by Crippen LogP contribution is 2.32. The number of carboxylic acid groups (broad SMARTS) is 1. The molecule has 1 fully saturated rings. The van der Waals surface area contributed by atoms with Crippen molar-refractivity contribution in [3.63, 3.8) is 0 Å². The molecule has 4 N–H and O–H groups in total. The van der Waals surface area contributed by atoms with E-state index in [0.29, 0.717) is 64.1 Å². The summed E-state index contributed by atoms with van der Waals surface area (Å²) in [4.78, 5) is 71.5. The molecule has 1 unspecified atom stereocenters. The van der Waals surface area contributed by atoms with Gasteiger partial charge in [-0.15, -0.1) is 0 Å². The molecule has 3 heterocycles. The molecule has 1 aliphatic heterocycles. The molecule has 4 amide bonds. The number of imide groups is 1. The van der Waals surface area contributed by atoms with E-state index in [4.69, 9.17) is 9.47 Å². The predicted octanol–water partition coefficient (Wildman–Crippen LogP) is 6.34. The number of rotatable bonds is 18. The fourth-order valence-corrected chi connectivity index (χ4v) is 8.04. The van der Waals surface area contributed by atoms with Crippen molar-refractivity contribution in [2.45, 2.75) is 52.5 Å². The SMILES string of the molecule is CN(C(=O)c1c(C=O)cccc1NCCOCCNC=O)C1CCC(=O)NC1=O.Cc1cc(C)c(-c2cccc3c(CCCOc4cccc5ccccc45)c(C(=O)O)nn23)c(C)c1. The van der Waals surface area contributed by atoms with Crippen molar-refractivity contribution in [1.82, 2.24) is 25.1 Å². The zero-order chi connectivity index (χ0) is 45.8. The Bertz CT molecular complexity index is 2660. The number of carbonyl (C=O) groups is 6. The first-order valence-electron chi connectivity index (χ1n) is 21.0. The molecule has 64 heavy (non-hydrogen) atoms. The molecule has 15 heteroatoms. The van der Waals surface area contributed by atoms with Crippen LogP contribution in [0.4, 0.5) is 5.69 Å². The Balaban J connectivity index is 0.000000217. The molecule has 0 bridgehead atoms. The third-order valence-corrected chi connectivity index (χ3v) is 10.9. The molecule has 1 saturated heterocycles. The van der Waals surface area contributed by atoms with E-state index in [-0.39, 0.29) is 35.6 Å². The number of aldehydes is 1. The number of carbonyl (C=O) groups excluding carboxylic acids is 5. The second-order valence-corrected chi connectivity index (χ2v) is 15.4. The van der Waals surface area contributed by atoms with Crippen molar-refractivity contribution in [3.8, 4) is 17.0 Å². The number of aromatic nitrogens is 2. The Morgan fingerprint density at radius 2 is 1.64 bits per heavy atom. The molecule has 4 aromatic carbocycles. The number of hydrogen-bond donors (Lipinski definition) is 4. The van der Waals surface area contributed by atoms with Gasteiger partial charge >= 0.3 is 5.97 Å². The lowest BCUT2D eigenvalue weighted by molar-refractivity contribution is -0.136. The molecule has 0 radical (unpaired) electrons. The molecule has 0 spiro atoms.